The molecular weight excluding hydrogens is 772 g/mol. The zero-order chi connectivity index (χ0) is 28.4. The number of amides is 4. The molecule has 40 heavy (non-hydrogen) atoms. The van der Waals surface area contributed by atoms with E-state index in [1.807, 2.05) is 6.92 Å². The predicted molar refractivity (Wildman–Crippen MR) is 170 cm³/mol. The summed E-state index contributed by atoms with van der Waals surface area (Å²) in [7, 11) is 0. The Hall–Kier alpha value is -2.40. The van der Waals surface area contributed by atoms with Crippen LogP contribution in [0.2, 0.25) is 0 Å². The van der Waals surface area contributed by atoms with Gasteiger partial charge in [0.2, 0.25) is 0 Å². The van der Waals surface area contributed by atoms with Crippen LogP contribution in [0.5, 0.6) is 0 Å². The molecule has 0 radical (unpaired) electrons. The molecule has 0 unspecified atom stereocenters. The maximum Gasteiger partial charge on any atom is 0.261 e. The van der Waals surface area contributed by atoms with Crippen LogP contribution in [0.3, 0.4) is 0 Å². The highest BCUT2D eigenvalue weighted by atomic mass is 79.9. The summed E-state index contributed by atoms with van der Waals surface area (Å²) in [5, 5.41) is 5.94. The van der Waals surface area contributed by atoms with Gasteiger partial charge in [0.1, 0.15) is 0 Å². The molecule has 5 aromatic rings. The zero-order valence-electron chi connectivity index (χ0n) is 21.2. The van der Waals surface area contributed by atoms with Crippen LogP contribution in [0.25, 0.3) is 43.1 Å². The molecule has 0 atom stereocenters. The van der Waals surface area contributed by atoms with E-state index in [4.69, 9.17) is 0 Å². The fourth-order valence-corrected chi connectivity index (χ4v) is 8.87. The minimum Gasteiger partial charge on any atom is -0.275 e. The Morgan fingerprint density at radius 2 is 0.825 bits per heavy atom. The van der Waals surface area contributed by atoms with E-state index in [9.17, 15) is 19.2 Å². The van der Waals surface area contributed by atoms with Crippen molar-refractivity contribution in [2.75, 3.05) is 13.1 Å². The Balaban J connectivity index is 1.74. The number of halogens is 4. The molecule has 6 nitrogen and oxygen atoms in total. The Labute approximate surface area is 261 Å². The highest BCUT2D eigenvalue weighted by Gasteiger charge is 2.38. The highest BCUT2D eigenvalue weighted by molar-refractivity contribution is 9.11. The van der Waals surface area contributed by atoms with Crippen LogP contribution in [0.15, 0.2) is 42.2 Å². The maximum atomic E-state index is 13.7. The lowest BCUT2D eigenvalue weighted by Gasteiger charge is -2.31. The van der Waals surface area contributed by atoms with E-state index in [-0.39, 0.29) is 30.2 Å². The molecule has 200 valence electrons. The molecule has 4 amide bonds. The van der Waals surface area contributed by atoms with Gasteiger partial charge in [0, 0.05) is 96.3 Å². The van der Waals surface area contributed by atoms with E-state index in [0.29, 0.717) is 57.5 Å². The van der Waals surface area contributed by atoms with Crippen LogP contribution >= 0.6 is 63.7 Å². The van der Waals surface area contributed by atoms with Gasteiger partial charge in [-0.3, -0.25) is 29.0 Å². The number of nitrogens with zero attached hydrogens (tertiary/aromatic N) is 2. The van der Waals surface area contributed by atoms with E-state index in [2.05, 4.69) is 63.7 Å². The number of unbranched alkanes of at least 4 members (excludes halogenated alkanes) is 1. The van der Waals surface area contributed by atoms with E-state index < -0.39 is 0 Å². The molecule has 0 aliphatic carbocycles. The van der Waals surface area contributed by atoms with Gasteiger partial charge in [-0.1, -0.05) is 77.1 Å². The molecule has 0 saturated carbocycles. The van der Waals surface area contributed by atoms with Gasteiger partial charge in [-0.2, -0.15) is 0 Å². The van der Waals surface area contributed by atoms with Crippen LogP contribution in [-0.2, 0) is 0 Å². The third kappa shape index (κ3) is 3.19. The summed E-state index contributed by atoms with van der Waals surface area (Å²) in [5.41, 5.74) is 1.84. The summed E-state index contributed by atoms with van der Waals surface area (Å²) >= 11 is 15.0. The zero-order valence-corrected chi connectivity index (χ0v) is 27.5. The smallest absolute Gasteiger partial charge is 0.261 e. The van der Waals surface area contributed by atoms with Crippen molar-refractivity contribution in [2.45, 2.75) is 26.7 Å². The first-order valence-electron chi connectivity index (χ1n) is 12.8. The highest BCUT2D eigenvalue weighted by Crippen LogP contribution is 2.53. The van der Waals surface area contributed by atoms with Crippen LogP contribution in [0, 0.1) is 0 Å². The van der Waals surface area contributed by atoms with Gasteiger partial charge in [-0.05, 0) is 37.6 Å². The number of carbonyl (C=O) groups excluding carboxylic acids is 4. The number of carbonyl (C=O) groups is 4. The summed E-state index contributed by atoms with van der Waals surface area (Å²) < 4.78 is 2.73. The van der Waals surface area contributed by atoms with Gasteiger partial charge in [0.15, 0.2) is 0 Å². The van der Waals surface area contributed by atoms with Gasteiger partial charge in [0.25, 0.3) is 23.6 Å². The van der Waals surface area contributed by atoms with Gasteiger partial charge >= 0.3 is 0 Å². The van der Waals surface area contributed by atoms with Crippen molar-refractivity contribution in [2.24, 2.45) is 0 Å². The molecule has 0 fully saturated rings. The third-order valence-corrected chi connectivity index (χ3v) is 10.6. The molecule has 0 aromatic heterocycles. The summed E-state index contributed by atoms with van der Waals surface area (Å²) in [4.78, 5) is 56.9. The minimum atomic E-state index is -0.335. The monoisotopic (exact) mass is 786 g/mol. The lowest BCUT2D eigenvalue weighted by Crippen LogP contribution is -2.41. The molecule has 2 aliphatic heterocycles. The SMILES string of the molecule is CCCCN1C(=O)c2cc(Br)c3c4c(Br)cc5c6c(cc(Br)c(c7c(Br)cc(c2c37)C1=O)c64)C(=O)N(CC)C5=O. The Kier molecular flexibility index (Phi) is 5.99. The summed E-state index contributed by atoms with van der Waals surface area (Å²) in [5.74, 6) is -1.29. The van der Waals surface area contributed by atoms with E-state index in [1.54, 1.807) is 31.2 Å². The molecule has 0 saturated heterocycles. The summed E-state index contributed by atoms with van der Waals surface area (Å²) in [6.45, 7) is 4.43. The molecule has 0 N–H and O–H groups in total. The first-order valence-corrected chi connectivity index (χ1v) is 16.0. The van der Waals surface area contributed by atoms with Crippen molar-refractivity contribution in [3.63, 3.8) is 0 Å². The standard InChI is InChI=1S/C30H18Br4N2O4/c1-3-5-6-36-29(39)13-9-17(33)23-21-15(31)7-11-19-12(28(38)35(4-2)27(11)37)8-16(32)22(25(19)21)24-18(34)10-14(30(36)40)20(13)26(23)24/h7-10H,3-6H2,1-2H3. The number of imide groups is 2. The first-order chi connectivity index (χ1) is 19.1. The second-order valence-electron chi connectivity index (χ2n) is 10.1. The summed E-state index contributed by atoms with van der Waals surface area (Å²) in [6.07, 6.45) is 1.58. The van der Waals surface area contributed by atoms with E-state index in [1.165, 1.54) is 9.80 Å². The Morgan fingerprint density at radius 3 is 1.12 bits per heavy atom. The fourth-order valence-electron chi connectivity index (χ4n) is 6.37. The van der Waals surface area contributed by atoms with Crippen molar-refractivity contribution in [1.82, 2.24) is 9.80 Å². The van der Waals surface area contributed by atoms with E-state index in [0.717, 1.165) is 45.2 Å². The second kappa shape index (κ2) is 9.05. The molecule has 0 bridgehead atoms. The third-order valence-electron chi connectivity index (χ3n) is 8.07. The van der Waals surface area contributed by atoms with Gasteiger partial charge in [-0.25, -0.2) is 0 Å². The Bertz CT molecular complexity index is 1940. The number of rotatable bonds is 4. The number of fused-ring (bicyclic) bond motifs is 2. The second-order valence-corrected chi connectivity index (χ2v) is 13.5. The van der Waals surface area contributed by atoms with Crippen molar-refractivity contribution in [3.05, 3.63) is 64.4 Å². The lowest BCUT2D eigenvalue weighted by molar-refractivity contribution is 0.0597. The Morgan fingerprint density at radius 1 is 0.500 bits per heavy atom. The number of hydrogen-bond acceptors (Lipinski definition) is 4. The minimum absolute atomic E-state index is 0.263. The van der Waals surface area contributed by atoms with Gasteiger partial charge in [0.05, 0.1) is 0 Å². The van der Waals surface area contributed by atoms with Crippen LogP contribution < -0.4 is 0 Å². The normalized spacial score (nSPS) is 15.2. The molecule has 10 heteroatoms. The lowest BCUT2D eigenvalue weighted by atomic mass is 9.82. The largest absolute Gasteiger partial charge is 0.275 e. The van der Waals surface area contributed by atoms with Gasteiger partial charge < -0.3 is 0 Å². The molecule has 5 aromatic carbocycles. The van der Waals surface area contributed by atoms with E-state index >= 15 is 0 Å². The van der Waals surface area contributed by atoms with Crippen molar-refractivity contribution in [1.29, 1.82) is 0 Å². The van der Waals surface area contributed by atoms with Gasteiger partial charge in [-0.15, -0.1) is 0 Å². The van der Waals surface area contributed by atoms with Crippen LogP contribution in [0.4, 0.5) is 0 Å². The van der Waals surface area contributed by atoms with Crippen molar-refractivity contribution < 1.29 is 19.2 Å². The maximum absolute atomic E-state index is 13.7. The average Bonchev–Trinajstić information content (AvgIpc) is 2.92. The predicted octanol–water partition coefficient (Wildman–Crippen LogP) is 8.80. The fraction of sp³-hybridized carbons (Fsp3) is 0.200. The molecular formula is C30H18Br4N2O4. The number of hydrogen-bond donors (Lipinski definition) is 0. The van der Waals surface area contributed by atoms with Crippen LogP contribution in [0.1, 0.15) is 68.1 Å². The van der Waals surface area contributed by atoms with Crippen molar-refractivity contribution >= 4 is 130 Å². The molecule has 0 spiro atoms. The quantitative estimate of drug-likeness (QED) is 0.104. The summed E-state index contributed by atoms with van der Waals surface area (Å²) in [6, 6.07) is 7.15. The molecule has 7 rings (SSSR count). The van der Waals surface area contributed by atoms with Crippen LogP contribution in [-0.4, -0.2) is 46.5 Å². The van der Waals surface area contributed by atoms with Crippen molar-refractivity contribution in [3.8, 4) is 0 Å². The topological polar surface area (TPSA) is 74.8 Å². The first kappa shape index (κ1) is 26.5. The number of benzene rings is 5. The average molecular weight is 790 g/mol. The molecule has 2 aliphatic rings. The molecule has 2 heterocycles.